The first-order chi connectivity index (χ1) is 7.24. The summed E-state index contributed by atoms with van der Waals surface area (Å²) in [7, 11) is 0. The average molecular weight is 244 g/mol. The standard InChI is InChI=1S/C11H14ClNOS/c12-11-2-1-10(15-11)6-9(14)5-8-3-4-13-7-8/h1-2,8,13H,3-7H2. The van der Waals surface area contributed by atoms with Crippen LogP contribution in [-0.4, -0.2) is 18.9 Å². The monoisotopic (exact) mass is 243 g/mol. The number of Topliss-reactive ketones (excluding diaryl/α,β-unsaturated/α-hetero) is 1. The minimum absolute atomic E-state index is 0.335. The summed E-state index contributed by atoms with van der Waals surface area (Å²) in [6.07, 6.45) is 2.40. The van der Waals surface area contributed by atoms with Crippen molar-refractivity contribution in [2.75, 3.05) is 13.1 Å². The molecule has 2 nitrogen and oxygen atoms in total. The van der Waals surface area contributed by atoms with E-state index in [1.165, 1.54) is 11.3 Å². The molecule has 0 bridgehead atoms. The van der Waals surface area contributed by atoms with Crippen LogP contribution < -0.4 is 5.32 Å². The minimum atomic E-state index is 0.335. The van der Waals surface area contributed by atoms with Gasteiger partial charge in [0, 0.05) is 17.7 Å². The van der Waals surface area contributed by atoms with E-state index in [-0.39, 0.29) is 0 Å². The van der Waals surface area contributed by atoms with Crippen LogP contribution in [0.1, 0.15) is 17.7 Å². The quantitative estimate of drug-likeness (QED) is 0.881. The number of nitrogens with one attached hydrogen (secondary N) is 1. The van der Waals surface area contributed by atoms with Crippen molar-refractivity contribution in [1.29, 1.82) is 0 Å². The van der Waals surface area contributed by atoms with E-state index in [0.29, 0.717) is 24.5 Å². The van der Waals surface area contributed by atoms with Crippen LogP contribution in [0.5, 0.6) is 0 Å². The topological polar surface area (TPSA) is 29.1 Å². The maximum Gasteiger partial charge on any atom is 0.138 e. The smallest absolute Gasteiger partial charge is 0.138 e. The summed E-state index contributed by atoms with van der Waals surface area (Å²) in [5.74, 6) is 0.884. The van der Waals surface area contributed by atoms with Crippen molar-refractivity contribution >= 4 is 28.7 Å². The second-order valence-corrected chi connectivity index (χ2v) is 5.78. The van der Waals surface area contributed by atoms with Gasteiger partial charge in [0.1, 0.15) is 5.78 Å². The molecule has 1 fully saturated rings. The Morgan fingerprint density at radius 1 is 1.60 bits per heavy atom. The van der Waals surface area contributed by atoms with Crippen molar-refractivity contribution in [2.45, 2.75) is 19.3 Å². The van der Waals surface area contributed by atoms with Gasteiger partial charge < -0.3 is 5.32 Å². The predicted octanol–water partition coefficient (Wildman–Crippen LogP) is 2.51. The van der Waals surface area contributed by atoms with Crippen molar-refractivity contribution in [3.05, 3.63) is 21.3 Å². The summed E-state index contributed by atoms with van der Waals surface area (Å²) in [6.45, 7) is 2.06. The van der Waals surface area contributed by atoms with Gasteiger partial charge in [-0.15, -0.1) is 11.3 Å². The van der Waals surface area contributed by atoms with Crippen LogP contribution in [0, 0.1) is 5.92 Å². The van der Waals surface area contributed by atoms with E-state index >= 15 is 0 Å². The fraction of sp³-hybridized carbons (Fsp3) is 0.545. The molecule has 1 atom stereocenters. The molecule has 1 saturated heterocycles. The van der Waals surface area contributed by atoms with Gasteiger partial charge in [-0.3, -0.25) is 4.79 Å². The molecule has 1 aromatic rings. The highest BCUT2D eigenvalue weighted by molar-refractivity contribution is 7.16. The maximum atomic E-state index is 11.7. The van der Waals surface area contributed by atoms with Crippen LogP contribution in [0.3, 0.4) is 0 Å². The van der Waals surface area contributed by atoms with Gasteiger partial charge in [-0.1, -0.05) is 11.6 Å². The lowest BCUT2D eigenvalue weighted by Gasteiger charge is -2.05. The minimum Gasteiger partial charge on any atom is -0.316 e. The Morgan fingerprint density at radius 2 is 2.47 bits per heavy atom. The van der Waals surface area contributed by atoms with Gasteiger partial charge in [0.2, 0.25) is 0 Å². The summed E-state index contributed by atoms with van der Waals surface area (Å²) in [4.78, 5) is 12.8. The van der Waals surface area contributed by atoms with E-state index in [1.54, 1.807) is 0 Å². The molecule has 82 valence electrons. The number of thiophene rings is 1. The SMILES string of the molecule is O=C(Cc1ccc(Cl)s1)CC1CCNC1. The van der Waals surface area contributed by atoms with Crippen LogP contribution in [0.4, 0.5) is 0 Å². The van der Waals surface area contributed by atoms with Gasteiger partial charge in [-0.25, -0.2) is 0 Å². The fourth-order valence-electron chi connectivity index (χ4n) is 1.92. The molecular formula is C11H14ClNOS. The molecule has 0 radical (unpaired) electrons. The lowest BCUT2D eigenvalue weighted by atomic mass is 10.00. The summed E-state index contributed by atoms with van der Waals surface area (Å²) in [5, 5.41) is 3.27. The zero-order chi connectivity index (χ0) is 10.7. The highest BCUT2D eigenvalue weighted by atomic mass is 35.5. The van der Waals surface area contributed by atoms with E-state index in [0.717, 1.165) is 28.7 Å². The lowest BCUT2D eigenvalue weighted by molar-refractivity contribution is -0.119. The molecule has 4 heteroatoms. The van der Waals surface area contributed by atoms with Crippen molar-refractivity contribution in [1.82, 2.24) is 5.32 Å². The normalized spacial score (nSPS) is 20.7. The second kappa shape index (κ2) is 5.10. The van der Waals surface area contributed by atoms with Gasteiger partial charge in [-0.05, 0) is 37.6 Å². The Kier molecular flexibility index (Phi) is 3.78. The molecule has 1 aliphatic rings. The zero-order valence-electron chi connectivity index (χ0n) is 8.46. The summed E-state index contributed by atoms with van der Waals surface area (Å²) >= 11 is 7.31. The van der Waals surface area contributed by atoms with Gasteiger partial charge >= 0.3 is 0 Å². The first-order valence-electron chi connectivity index (χ1n) is 5.20. The van der Waals surface area contributed by atoms with Crippen LogP contribution in [0.25, 0.3) is 0 Å². The molecular weight excluding hydrogens is 230 g/mol. The molecule has 1 unspecified atom stereocenters. The Hall–Kier alpha value is -0.380. The second-order valence-electron chi connectivity index (χ2n) is 3.98. The number of ketones is 1. The van der Waals surface area contributed by atoms with Crippen molar-refractivity contribution in [2.24, 2.45) is 5.92 Å². The van der Waals surface area contributed by atoms with E-state index in [2.05, 4.69) is 5.32 Å². The molecule has 1 N–H and O–H groups in total. The van der Waals surface area contributed by atoms with Crippen molar-refractivity contribution < 1.29 is 4.79 Å². The third-order valence-corrected chi connectivity index (χ3v) is 3.91. The van der Waals surface area contributed by atoms with E-state index in [1.807, 2.05) is 12.1 Å². The molecule has 0 aliphatic carbocycles. The average Bonchev–Trinajstić information content (AvgIpc) is 2.77. The molecule has 1 aromatic heterocycles. The number of hydrogen-bond donors (Lipinski definition) is 1. The van der Waals surface area contributed by atoms with Gasteiger partial charge in [0.25, 0.3) is 0 Å². The van der Waals surface area contributed by atoms with E-state index < -0.39 is 0 Å². The molecule has 0 spiro atoms. The van der Waals surface area contributed by atoms with Crippen LogP contribution in [0.2, 0.25) is 4.34 Å². The number of carbonyl (C=O) groups is 1. The Labute approximate surface area is 98.6 Å². The molecule has 2 heterocycles. The summed E-state index contributed by atoms with van der Waals surface area (Å²) in [5.41, 5.74) is 0. The van der Waals surface area contributed by atoms with E-state index in [9.17, 15) is 4.79 Å². The largest absolute Gasteiger partial charge is 0.316 e. The van der Waals surface area contributed by atoms with Gasteiger partial charge in [-0.2, -0.15) is 0 Å². The Morgan fingerprint density at radius 3 is 3.07 bits per heavy atom. The van der Waals surface area contributed by atoms with Gasteiger partial charge in [0.05, 0.1) is 4.34 Å². The van der Waals surface area contributed by atoms with E-state index in [4.69, 9.17) is 11.6 Å². The number of hydrogen-bond acceptors (Lipinski definition) is 3. The lowest BCUT2D eigenvalue weighted by Crippen LogP contribution is -2.13. The highest BCUT2D eigenvalue weighted by Gasteiger charge is 2.18. The number of rotatable bonds is 4. The fourth-order valence-corrected chi connectivity index (χ4v) is 3.04. The third-order valence-electron chi connectivity index (χ3n) is 2.68. The molecule has 2 rings (SSSR count). The van der Waals surface area contributed by atoms with Gasteiger partial charge in [0.15, 0.2) is 0 Å². The molecule has 15 heavy (non-hydrogen) atoms. The first-order valence-corrected chi connectivity index (χ1v) is 6.40. The zero-order valence-corrected chi connectivity index (χ0v) is 10.0. The predicted molar refractivity (Wildman–Crippen MR) is 63.6 cm³/mol. The van der Waals surface area contributed by atoms with Crippen LogP contribution in [0.15, 0.2) is 12.1 Å². The van der Waals surface area contributed by atoms with Crippen LogP contribution in [-0.2, 0) is 11.2 Å². The van der Waals surface area contributed by atoms with Crippen LogP contribution >= 0.6 is 22.9 Å². The Bertz CT molecular complexity index is 344. The molecule has 0 saturated carbocycles. The maximum absolute atomic E-state index is 11.7. The number of halogens is 1. The molecule has 0 amide bonds. The third kappa shape index (κ3) is 3.30. The Balaban J connectivity index is 1.81. The molecule has 1 aliphatic heterocycles. The summed E-state index contributed by atoms with van der Waals surface area (Å²) < 4.78 is 0.764. The highest BCUT2D eigenvalue weighted by Crippen LogP contribution is 2.23. The van der Waals surface area contributed by atoms with Crippen molar-refractivity contribution in [3.8, 4) is 0 Å². The first kappa shape index (κ1) is 11.1. The number of carbonyl (C=O) groups excluding carboxylic acids is 1. The van der Waals surface area contributed by atoms with Crippen molar-refractivity contribution in [3.63, 3.8) is 0 Å². The summed E-state index contributed by atoms with van der Waals surface area (Å²) in [6, 6.07) is 3.80. The molecule has 0 aromatic carbocycles.